The summed E-state index contributed by atoms with van der Waals surface area (Å²) in [5.41, 5.74) is 6.51. The quantitative estimate of drug-likeness (QED) is 0.493. The van der Waals surface area contributed by atoms with Crippen LogP contribution in [0, 0.1) is 34.6 Å². The number of nitrogens with one attached hydrogen (secondary N) is 1. The average molecular weight is 439 g/mol. The van der Waals surface area contributed by atoms with Gasteiger partial charge in [0.2, 0.25) is 5.91 Å². The molecule has 0 saturated carbocycles. The molecule has 7 heteroatoms. The number of nitrogens with zero attached hydrogens (tertiary/aromatic N) is 3. The Bertz CT molecular complexity index is 1070. The number of carbonyl (C=O) groups excluding carboxylic acids is 1. The maximum absolute atomic E-state index is 12.5. The smallest absolute Gasteiger partial charge is 0.234 e. The molecule has 1 amide bonds. The van der Waals surface area contributed by atoms with Crippen molar-refractivity contribution < 1.29 is 9.53 Å². The van der Waals surface area contributed by atoms with Gasteiger partial charge in [0.1, 0.15) is 12.4 Å². The summed E-state index contributed by atoms with van der Waals surface area (Å²) in [5, 5.41) is 12.3. The zero-order valence-electron chi connectivity index (χ0n) is 19.1. The zero-order chi connectivity index (χ0) is 22.5. The lowest BCUT2D eigenvalue weighted by molar-refractivity contribution is -0.113. The van der Waals surface area contributed by atoms with E-state index >= 15 is 0 Å². The van der Waals surface area contributed by atoms with Gasteiger partial charge in [0.25, 0.3) is 0 Å². The van der Waals surface area contributed by atoms with Crippen molar-refractivity contribution in [1.82, 2.24) is 14.8 Å². The highest BCUT2D eigenvalue weighted by atomic mass is 32.2. The molecule has 31 heavy (non-hydrogen) atoms. The highest BCUT2D eigenvalue weighted by Gasteiger charge is 2.15. The van der Waals surface area contributed by atoms with Crippen LogP contribution in [-0.2, 0) is 17.9 Å². The van der Waals surface area contributed by atoms with Gasteiger partial charge in [-0.05, 0) is 64.3 Å². The maximum atomic E-state index is 12.5. The summed E-state index contributed by atoms with van der Waals surface area (Å²) in [7, 11) is 0. The third-order valence-electron chi connectivity index (χ3n) is 5.07. The Kier molecular flexibility index (Phi) is 7.38. The molecule has 0 aliphatic heterocycles. The fraction of sp³-hybridized carbons (Fsp3) is 0.375. The van der Waals surface area contributed by atoms with Crippen LogP contribution in [0.2, 0.25) is 0 Å². The first-order valence-electron chi connectivity index (χ1n) is 10.4. The Hall–Kier alpha value is -2.80. The number of ether oxygens (including phenoxy) is 1. The summed E-state index contributed by atoms with van der Waals surface area (Å²) in [6, 6.07) is 10.3. The van der Waals surface area contributed by atoms with Crippen molar-refractivity contribution >= 4 is 23.4 Å². The molecule has 0 radical (unpaired) electrons. The lowest BCUT2D eigenvalue weighted by Crippen LogP contribution is -2.16. The van der Waals surface area contributed by atoms with E-state index in [1.807, 2.05) is 44.4 Å². The van der Waals surface area contributed by atoms with E-state index in [1.54, 1.807) is 0 Å². The molecule has 0 aliphatic carbocycles. The summed E-state index contributed by atoms with van der Waals surface area (Å²) in [6.07, 6.45) is 0. The Labute approximate surface area is 188 Å². The van der Waals surface area contributed by atoms with E-state index in [0.717, 1.165) is 34.0 Å². The van der Waals surface area contributed by atoms with Crippen molar-refractivity contribution in [3.63, 3.8) is 0 Å². The van der Waals surface area contributed by atoms with E-state index < -0.39 is 0 Å². The molecule has 0 aliphatic rings. The number of anilines is 1. The van der Waals surface area contributed by atoms with Crippen molar-refractivity contribution in [1.29, 1.82) is 0 Å². The summed E-state index contributed by atoms with van der Waals surface area (Å²) < 4.78 is 7.95. The Morgan fingerprint density at radius 2 is 1.68 bits per heavy atom. The minimum Gasteiger partial charge on any atom is -0.485 e. The molecule has 2 aromatic carbocycles. The molecular formula is C24H30N4O2S. The number of aromatic nitrogens is 3. The number of rotatable bonds is 8. The highest BCUT2D eigenvalue weighted by Crippen LogP contribution is 2.24. The predicted octanol–water partition coefficient (Wildman–Crippen LogP) is 5.15. The van der Waals surface area contributed by atoms with Gasteiger partial charge in [-0.1, -0.05) is 47.2 Å². The molecule has 0 fully saturated rings. The molecule has 164 valence electrons. The second kappa shape index (κ2) is 10.0. The van der Waals surface area contributed by atoms with Gasteiger partial charge >= 0.3 is 0 Å². The molecule has 1 aromatic heterocycles. The van der Waals surface area contributed by atoms with E-state index in [1.165, 1.54) is 22.9 Å². The van der Waals surface area contributed by atoms with Crippen LogP contribution in [0.3, 0.4) is 0 Å². The fourth-order valence-electron chi connectivity index (χ4n) is 3.64. The number of aryl methyl sites for hydroxylation is 5. The second-order valence-corrected chi connectivity index (χ2v) is 8.75. The third kappa shape index (κ3) is 5.67. The van der Waals surface area contributed by atoms with Crippen molar-refractivity contribution in [2.24, 2.45) is 0 Å². The minimum atomic E-state index is -0.0567. The van der Waals surface area contributed by atoms with Crippen LogP contribution in [0.25, 0.3) is 0 Å². The van der Waals surface area contributed by atoms with Crippen LogP contribution in [0.15, 0.2) is 35.5 Å². The van der Waals surface area contributed by atoms with Gasteiger partial charge < -0.3 is 14.6 Å². The molecule has 3 aromatic rings. The van der Waals surface area contributed by atoms with Crippen LogP contribution in [0.5, 0.6) is 5.75 Å². The maximum Gasteiger partial charge on any atom is 0.234 e. The summed E-state index contributed by atoms with van der Waals surface area (Å²) >= 11 is 1.38. The Balaban J connectivity index is 1.62. The number of amides is 1. The fourth-order valence-corrected chi connectivity index (χ4v) is 4.46. The van der Waals surface area contributed by atoms with Gasteiger partial charge in [0, 0.05) is 12.2 Å². The van der Waals surface area contributed by atoms with E-state index in [0.29, 0.717) is 18.3 Å². The third-order valence-corrected chi connectivity index (χ3v) is 6.04. The normalized spacial score (nSPS) is 10.9. The van der Waals surface area contributed by atoms with E-state index in [9.17, 15) is 4.79 Å². The largest absolute Gasteiger partial charge is 0.485 e. The first-order chi connectivity index (χ1) is 14.8. The average Bonchev–Trinajstić information content (AvgIpc) is 3.10. The monoisotopic (exact) mass is 438 g/mol. The zero-order valence-corrected chi connectivity index (χ0v) is 19.9. The number of carbonyl (C=O) groups is 1. The summed E-state index contributed by atoms with van der Waals surface area (Å²) in [4.78, 5) is 12.5. The van der Waals surface area contributed by atoms with Crippen LogP contribution >= 0.6 is 11.8 Å². The van der Waals surface area contributed by atoms with Crippen LogP contribution < -0.4 is 10.1 Å². The van der Waals surface area contributed by atoms with Crippen LogP contribution in [0.4, 0.5) is 5.69 Å². The Morgan fingerprint density at radius 3 is 2.32 bits per heavy atom. The van der Waals surface area contributed by atoms with Gasteiger partial charge in [-0.3, -0.25) is 4.79 Å². The molecule has 1 heterocycles. The standard InChI is InChI=1S/C24H30N4O2S/c1-7-28-21(13-30-20-9-8-15(2)10-17(20)4)26-27-24(28)31-14-22(29)25-23-18(5)11-16(3)12-19(23)6/h8-12H,7,13-14H2,1-6H3,(H,25,29). The van der Waals surface area contributed by atoms with Gasteiger partial charge in [0.15, 0.2) is 11.0 Å². The molecule has 0 unspecified atom stereocenters. The molecular weight excluding hydrogens is 408 g/mol. The number of hydrogen-bond donors (Lipinski definition) is 1. The van der Waals surface area contributed by atoms with Gasteiger partial charge in [0.05, 0.1) is 5.75 Å². The lowest BCUT2D eigenvalue weighted by atomic mass is 10.1. The second-order valence-electron chi connectivity index (χ2n) is 7.81. The van der Waals surface area contributed by atoms with Gasteiger partial charge in [-0.25, -0.2) is 0 Å². The summed E-state index contributed by atoms with van der Waals surface area (Å²) in [5.74, 6) is 1.80. The topological polar surface area (TPSA) is 69.0 Å². The molecule has 6 nitrogen and oxygen atoms in total. The minimum absolute atomic E-state index is 0.0567. The number of thioether (sulfide) groups is 1. The van der Waals surface area contributed by atoms with Crippen molar-refractivity contribution in [2.45, 2.75) is 59.9 Å². The first kappa shape index (κ1) is 22.9. The van der Waals surface area contributed by atoms with Crippen molar-refractivity contribution in [3.8, 4) is 5.75 Å². The lowest BCUT2D eigenvalue weighted by Gasteiger charge is -2.13. The van der Waals surface area contributed by atoms with E-state index in [2.05, 4.69) is 47.6 Å². The Morgan fingerprint density at radius 1 is 1.00 bits per heavy atom. The summed E-state index contributed by atoms with van der Waals surface area (Å²) in [6.45, 7) is 13.2. The van der Waals surface area contributed by atoms with E-state index in [4.69, 9.17) is 4.74 Å². The van der Waals surface area contributed by atoms with E-state index in [-0.39, 0.29) is 11.7 Å². The van der Waals surface area contributed by atoms with Crippen LogP contribution in [0.1, 0.15) is 40.6 Å². The molecule has 3 rings (SSSR count). The molecule has 0 saturated heterocycles. The number of benzene rings is 2. The molecule has 0 spiro atoms. The van der Waals surface area contributed by atoms with Crippen molar-refractivity contribution in [2.75, 3.05) is 11.1 Å². The van der Waals surface area contributed by atoms with Gasteiger partial charge in [-0.15, -0.1) is 10.2 Å². The molecule has 0 bridgehead atoms. The van der Waals surface area contributed by atoms with Crippen molar-refractivity contribution in [3.05, 3.63) is 64.0 Å². The highest BCUT2D eigenvalue weighted by molar-refractivity contribution is 7.99. The van der Waals surface area contributed by atoms with Gasteiger partial charge in [-0.2, -0.15) is 0 Å². The predicted molar refractivity (Wildman–Crippen MR) is 126 cm³/mol. The SMILES string of the molecule is CCn1c(COc2ccc(C)cc2C)nnc1SCC(=O)Nc1c(C)cc(C)cc1C. The molecule has 0 atom stereocenters. The number of hydrogen-bond acceptors (Lipinski definition) is 5. The first-order valence-corrected chi connectivity index (χ1v) is 11.4. The molecule has 1 N–H and O–H groups in total. The van der Waals surface area contributed by atoms with Crippen LogP contribution in [-0.4, -0.2) is 26.4 Å².